The van der Waals surface area contributed by atoms with Crippen molar-refractivity contribution in [3.8, 4) is 5.75 Å². The Kier molecular flexibility index (Phi) is 6.24. The van der Waals surface area contributed by atoms with Crippen LogP contribution in [0.4, 0.5) is 0 Å². The Hall–Kier alpha value is -3.41. The van der Waals surface area contributed by atoms with Crippen LogP contribution in [0, 0.1) is 0 Å². The number of piperazine rings is 1. The molecule has 0 atom stereocenters. The average molecular weight is 441 g/mol. The molecule has 0 N–H and O–H groups in total. The maximum absolute atomic E-state index is 12.2. The summed E-state index contributed by atoms with van der Waals surface area (Å²) in [6, 6.07) is 29.0. The van der Waals surface area contributed by atoms with Crippen molar-refractivity contribution in [1.29, 1.82) is 0 Å². The molecule has 1 aromatic heterocycles. The molecule has 33 heavy (non-hydrogen) atoms. The van der Waals surface area contributed by atoms with Gasteiger partial charge in [0.05, 0.1) is 13.2 Å². The van der Waals surface area contributed by atoms with Crippen LogP contribution in [0.1, 0.15) is 22.7 Å². The van der Waals surface area contributed by atoms with Crippen molar-refractivity contribution in [2.24, 2.45) is 0 Å². The molecule has 0 bridgehead atoms. The monoisotopic (exact) mass is 440 g/mol. The zero-order valence-electron chi connectivity index (χ0n) is 18.8. The van der Waals surface area contributed by atoms with Crippen LogP contribution < -0.4 is 10.4 Å². The fraction of sp³-hybridized carbons (Fsp3) is 0.250. The van der Waals surface area contributed by atoms with Gasteiger partial charge in [-0.15, -0.1) is 0 Å². The first-order valence-electron chi connectivity index (χ1n) is 11.4. The van der Waals surface area contributed by atoms with Gasteiger partial charge in [-0.1, -0.05) is 60.7 Å². The second kappa shape index (κ2) is 9.61. The molecule has 0 amide bonds. The highest BCUT2D eigenvalue weighted by Gasteiger charge is 2.26. The van der Waals surface area contributed by atoms with Crippen molar-refractivity contribution in [3.05, 3.63) is 112 Å². The van der Waals surface area contributed by atoms with Gasteiger partial charge in [-0.05, 0) is 28.8 Å². The van der Waals surface area contributed by atoms with Crippen molar-refractivity contribution in [1.82, 2.24) is 9.80 Å². The minimum Gasteiger partial charge on any atom is -0.497 e. The third-order valence-corrected chi connectivity index (χ3v) is 6.43. The van der Waals surface area contributed by atoms with Crippen LogP contribution in [-0.4, -0.2) is 43.1 Å². The fourth-order valence-corrected chi connectivity index (χ4v) is 4.77. The molecule has 1 fully saturated rings. The summed E-state index contributed by atoms with van der Waals surface area (Å²) < 4.78 is 10.7. The summed E-state index contributed by atoms with van der Waals surface area (Å²) in [6.07, 6.45) is 0. The minimum absolute atomic E-state index is 0.242. The Morgan fingerprint density at radius 1 is 0.848 bits per heavy atom. The molecular formula is C28H28N2O3. The van der Waals surface area contributed by atoms with Gasteiger partial charge in [0.1, 0.15) is 11.3 Å². The topological polar surface area (TPSA) is 45.9 Å². The normalized spacial score (nSPS) is 15.2. The summed E-state index contributed by atoms with van der Waals surface area (Å²) in [5.41, 5.74) is 3.89. The minimum atomic E-state index is -0.322. The van der Waals surface area contributed by atoms with Crippen LogP contribution in [0.25, 0.3) is 11.0 Å². The van der Waals surface area contributed by atoms with Crippen LogP contribution in [0.15, 0.2) is 94.1 Å². The zero-order chi connectivity index (χ0) is 22.6. The second-order valence-electron chi connectivity index (χ2n) is 8.49. The van der Waals surface area contributed by atoms with E-state index >= 15 is 0 Å². The van der Waals surface area contributed by atoms with E-state index < -0.39 is 0 Å². The van der Waals surface area contributed by atoms with Crippen molar-refractivity contribution < 1.29 is 9.15 Å². The van der Waals surface area contributed by atoms with Crippen LogP contribution >= 0.6 is 0 Å². The van der Waals surface area contributed by atoms with Gasteiger partial charge in [-0.2, -0.15) is 0 Å². The van der Waals surface area contributed by atoms with E-state index in [2.05, 4.69) is 70.5 Å². The first-order valence-corrected chi connectivity index (χ1v) is 11.4. The molecule has 0 aliphatic carbocycles. The highest BCUT2D eigenvalue weighted by atomic mass is 16.5. The van der Waals surface area contributed by atoms with Crippen molar-refractivity contribution in [3.63, 3.8) is 0 Å². The van der Waals surface area contributed by atoms with Crippen molar-refractivity contribution in [2.75, 3.05) is 33.3 Å². The molecule has 5 nitrogen and oxygen atoms in total. The van der Waals surface area contributed by atoms with E-state index in [0.29, 0.717) is 11.3 Å². The average Bonchev–Trinajstić information content (AvgIpc) is 2.86. The first kappa shape index (κ1) is 21.4. The summed E-state index contributed by atoms with van der Waals surface area (Å²) in [5.74, 6) is 0.685. The van der Waals surface area contributed by atoms with Crippen molar-refractivity contribution >= 4 is 11.0 Å². The Morgan fingerprint density at radius 2 is 1.48 bits per heavy atom. The van der Waals surface area contributed by atoms with E-state index in [9.17, 15) is 4.79 Å². The summed E-state index contributed by atoms with van der Waals surface area (Å²) in [6.45, 7) is 4.52. The van der Waals surface area contributed by atoms with Gasteiger partial charge in [0, 0.05) is 50.2 Å². The van der Waals surface area contributed by atoms with Gasteiger partial charge in [0.15, 0.2) is 0 Å². The lowest BCUT2D eigenvalue weighted by Crippen LogP contribution is -2.47. The predicted octanol–water partition coefficient (Wildman–Crippen LogP) is 4.71. The number of nitrogens with zero attached hydrogens (tertiary/aromatic N) is 2. The molecule has 1 aliphatic rings. The molecule has 0 saturated carbocycles. The predicted molar refractivity (Wildman–Crippen MR) is 131 cm³/mol. The summed E-state index contributed by atoms with van der Waals surface area (Å²) in [5, 5.41) is 0.962. The lowest BCUT2D eigenvalue weighted by atomic mass is 9.96. The van der Waals surface area contributed by atoms with Crippen LogP contribution in [0.5, 0.6) is 5.75 Å². The number of rotatable bonds is 6. The molecule has 0 spiro atoms. The number of benzene rings is 3. The molecule has 0 unspecified atom stereocenters. The zero-order valence-corrected chi connectivity index (χ0v) is 18.8. The lowest BCUT2D eigenvalue weighted by molar-refractivity contribution is 0.105. The maximum atomic E-state index is 12.2. The van der Waals surface area contributed by atoms with Gasteiger partial charge in [0.2, 0.25) is 0 Å². The summed E-state index contributed by atoms with van der Waals surface area (Å²) in [7, 11) is 1.61. The van der Waals surface area contributed by atoms with Gasteiger partial charge >= 0.3 is 5.63 Å². The smallest absolute Gasteiger partial charge is 0.336 e. The van der Waals surface area contributed by atoms with Gasteiger partial charge in [-0.25, -0.2) is 4.79 Å². The third-order valence-electron chi connectivity index (χ3n) is 6.43. The molecule has 1 saturated heterocycles. The van der Waals surface area contributed by atoms with E-state index in [1.54, 1.807) is 19.2 Å². The van der Waals surface area contributed by atoms with E-state index in [0.717, 1.165) is 43.7 Å². The standard InChI is InChI=1S/C28H28N2O3/c1-32-24-12-13-25-23(18-27(31)33-26(25)19-24)20-29-14-16-30(17-15-29)28(21-8-4-2-5-9-21)22-10-6-3-7-11-22/h2-13,18-19,28H,14-17,20H2,1H3. The van der Waals surface area contributed by atoms with Crippen molar-refractivity contribution in [2.45, 2.75) is 12.6 Å². The Labute approximate surface area is 193 Å². The Bertz CT molecular complexity index is 1220. The molecule has 0 radical (unpaired) electrons. The molecule has 168 valence electrons. The number of ether oxygens (including phenoxy) is 1. The number of methoxy groups -OCH3 is 1. The molecule has 2 heterocycles. The summed E-state index contributed by atoms with van der Waals surface area (Å²) >= 11 is 0. The highest BCUT2D eigenvalue weighted by Crippen LogP contribution is 2.30. The largest absolute Gasteiger partial charge is 0.497 e. The highest BCUT2D eigenvalue weighted by molar-refractivity contribution is 5.81. The molecule has 4 aromatic rings. The van der Waals surface area contributed by atoms with Gasteiger partial charge < -0.3 is 9.15 Å². The molecule has 1 aliphatic heterocycles. The number of fused-ring (bicyclic) bond motifs is 1. The first-order chi connectivity index (χ1) is 16.2. The van der Waals surface area contributed by atoms with Crippen LogP contribution in [0.2, 0.25) is 0 Å². The maximum Gasteiger partial charge on any atom is 0.336 e. The van der Waals surface area contributed by atoms with Crippen LogP contribution in [-0.2, 0) is 6.54 Å². The van der Waals surface area contributed by atoms with E-state index in [4.69, 9.17) is 9.15 Å². The fourth-order valence-electron chi connectivity index (χ4n) is 4.77. The molecule has 3 aromatic carbocycles. The van der Waals surface area contributed by atoms with Gasteiger partial charge in [-0.3, -0.25) is 9.80 Å². The molecule has 5 heteroatoms. The lowest BCUT2D eigenvalue weighted by Gasteiger charge is -2.40. The second-order valence-corrected chi connectivity index (χ2v) is 8.49. The Balaban J connectivity index is 1.34. The van der Waals surface area contributed by atoms with E-state index in [1.807, 2.05) is 12.1 Å². The SMILES string of the molecule is COc1ccc2c(CN3CCN(C(c4ccccc4)c4ccccc4)CC3)cc(=O)oc2c1. The molecular weight excluding hydrogens is 412 g/mol. The van der Waals surface area contributed by atoms with Gasteiger partial charge in [0.25, 0.3) is 0 Å². The quantitative estimate of drug-likeness (QED) is 0.407. The number of hydrogen-bond donors (Lipinski definition) is 0. The Morgan fingerprint density at radius 3 is 2.09 bits per heavy atom. The molecule has 5 rings (SSSR count). The van der Waals surface area contributed by atoms with E-state index in [1.165, 1.54) is 11.1 Å². The van der Waals surface area contributed by atoms with E-state index in [-0.39, 0.29) is 11.7 Å². The number of hydrogen-bond acceptors (Lipinski definition) is 5. The van der Waals surface area contributed by atoms with Crippen LogP contribution in [0.3, 0.4) is 0 Å². The summed E-state index contributed by atoms with van der Waals surface area (Å²) in [4.78, 5) is 17.1. The third kappa shape index (κ3) is 4.70.